The second kappa shape index (κ2) is 5.27. The number of hydrogen-bond donors (Lipinski definition) is 1. The zero-order valence-corrected chi connectivity index (χ0v) is 11.2. The summed E-state index contributed by atoms with van der Waals surface area (Å²) >= 11 is 0. The summed E-state index contributed by atoms with van der Waals surface area (Å²) < 4.78 is 15.5. The molecule has 0 saturated carbocycles. The number of fused-ring (bicyclic) bond motifs is 1. The van der Waals surface area contributed by atoms with E-state index in [-0.39, 0.29) is 5.82 Å². The van der Waals surface area contributed by atoms with Crippen LogP contribution in [0.4, 0.5) is 4.39 Å². The van der Waals surface area contributed by atoms with Crippen LogP contribution in [0.25, 0.3) is 11.0 Å². The molecule has 102 valence electrons. The Morgan fingerprint density at radius 3 is 2.84 bits per heavy atom. The fraction of sp³-hybridized carbons (Fsp3) is 0.500. The topological polar surface area (TPSA) is 33.1 Å². The Kier molecular flexibility index (Phi) is 3.48. The van der Waals surface area contributed by atoms with Crippen LogP contribution in [0, 0.1) is 5.82 Å². The largest absolute Gasteiger partial charge is 0.327 e. The lowest BCUT2D eigenvalue weighted by atomic mass is 10.3. The minimum Gasteiger partial charge on any atom is -0.327 e. The molecule has 1 aliphatic heterocycles. The molecule has 2 aromatic rings. The van der Waals surface area contributed by atoms with Crippen molar-refractivity contribution in [2.45, 2.75) is 20.0 Å². The van der Waals surface area contributed by atoms with E-state index in [9.17, 15) is 4.39 Å². The Hall–Kier alpha value is -1.46. The van der Waals surface area contributed by atoms with Crippen molar-refractivity contribution >= 4 is 11.0 Å². The van der Waals surface area contributed by atoms with Crippen molar-refractivity contribution in [1.29, 1.82) is 0 Å². The molecule has 2 heterocycles. The van der Waals surface area contributed by atoms with Gasteiger partial charge < -0.3 is 9.88 Å². The molecule has 1 aliphatic rings. The highest BCUT2D eigenvalue weighted by Gasteiger charge is 2.15. The first-order chi connectivity index (χ1) is 9.28. The van der Waals surface area contributed by atoms with Gasteiger partial charge in [-0.15, -0.1) is 0 Å². The average Bonchev–Trinajstić information content (AvgIpc) is 2.76. The van der Waals surface area contributed by atoms with E-state index in [0.29, 0.717) is 0 Å². The van der Waals surface area contributed by atoms with Gasteiger partial charge in [-0.3, -0.25) is 4.90 Å². The molecule has 0 bridgehead atoms. The van der Waals surface area contributed by atoms with Crippen LogP contribution in [-0.2, 0) is 13.1 Å². The quantitative estimate of drug-likeness (QED) is 0.912. The van der Waals surface area contributed by atoms with Crippen LogP contribution in [0.1, 0.15) is 12.7 Å². The van der Waals surface area contributed by atoms with Crippen molar-refractivity contribution in [3.63, 3.8) is 0 Å². The summed E-state index contributed by atoms with van der Waals surface area (Å²) in [6.07, 6.45) is 0. The molecule has 1 fully saturated rings. The number of piperazine rings is 1. The second-order valence-corrected chi connectivity index (χ2v) is 4.93. The van der Waals surface area contributed by atoms with Gasteiger partial charge in [0, 0.05) is 32.7 Å². The van der Waals surface area contributed by atoms with Crippen molar-refractivity contribution in [1.82, 2.24) is 19.8 Å². The maximum absolute atomic E-state index is 13.4. The molecule has 5 heteroatoms. The van der Waals surface area contributed by atoms with Crippen LogP contribution in [0.5, 0.6) is 0 Å². The van der Waals surface area contributed by atoms with E-state index in [1.54, 1.807) is 12.1 Å². The summed E-state index contributed by atoms with van der Waals surface area (Å²) in [4.78, 5) is 7.04. The molecule has 1 aromatic carbocycles. The highest BCUT2D eigenvalue weighted by Crippen LogP contribution is 2.18. The van der Waals surface area contributed by atoms with Gasteiger partial charge >= 0.3 is 0 Å². The lowest BCUT2D eigenvalue weighted by Crippen LogP contribution is -2.43. The minimum absolute atomic E-state index is 0.198. The lowest BCUT2D eigenvalue weighted by Gasteiger charge is -2.26. The zero-order chi connectivity index (χ0) is 13.2. The molecule has 0 unspecified atom stereocenters. The van der Waals surface area contributed by atoms with Gasteiger partial charge in [-0.1, -0.05) is 0 Å². The molecule has 3 rings (SSSR count). The van der Waals surface area contributed by atoms with Gasteiger partial charge in [0.15, 0.2) is 0 Å². The van der Waals surface area contributed by atoms with Crippen LogP contribution in [0.3, 0.4) is 0 Å². The molecular weight excluding hydrogens is 243 g/mol. The van der Waals surface area contributed by atoms with Gasteiger partial charge in [0.2, 0.25) is 0 Å². The van der Waals surface area contributed by atoms with E-state index >= 15 is 0 Å². The maximum atomic E-state index is 13.4. The highest BCUT2D eigenvalue weighted by atomic mass is 19.1. The van der Waals surface area contributed by atoms with Gasteiger partial charge in [0.05, 0.1) is 17.6 Å². The number of rotatable bonds is 3. The van der Waals surface area contributed by atoms with E-state index < -0.39 is 0 Å². The summed E-state index contributed by atoms with van der Waals surface area (Å²) in [6.45, 7) is 7.88. The fourth-order valence-corrected chi connectivity index (χ4v) is 2.69. The maximum Gasteiger partial charge on any atom is 0.125 e. The number of hydrogen-bond acceptors (Lipinski definition) is 3. The van der Waals surface area contributed by atoms with Gasteiger partial charge in [0.1, 0.15) is 11.6 Å². The summed E-state index contributed by atoms with van der Waals surface area (Å²) in [6, 6.07) is 4.81. The molecule has 0 spiro atoms. The van der Waals surface area contributed by atoms with Crippen molar-refractivity contribution < 1.29 is 4.39 Å². The lowest BCUT2D eigenvalue weighted by molar-refractivity contribution is 0.225. The normalized spacial score (nSPS) is 17.2. The molecular formula is C14H19FN4. The summed E-state index contributed by atoms with van der Waals surface area (Å²) in [5.41, 5.74) is 1.78. The third-order valence-electron chi connectivity index (χ3n) is 3.68. The summed E-state index contributed by atoms with van der Waals surface area (Å²) in [5.74, 6) is 0.834. The standard InChI is InChI=1S/C14H19FN4/c1-2-19-13-9-11(15)3-4-12(13)17-14(19)10-18-7-5-16-6-8-18/h3-4,9,16H,2,5-8,10H2,1H3. The Balaban J connectivity index is 1.93. The van der Waals surface area contributed by atoms with E-state index in [4.69, 9.17) is 0 Å². The van der Waals surface area contributed by atoms with Crippen LogP contribution in [0.15, 0.2) is 18.2 Å². The number of aryl methyl sites for hydroxylation is 1. The van der Waals surface area contributed by atoms with Crippen LogP contribution in [0.2, 0.25) is 0 Å². The highest BCUT2D eigenvalue weighted by molar-refractivity contribution is 5.76. The van der Waals surface area contributed by atoms with Crippen LogP contribution >= 0.6 is 0 Å². The first kappa shape index (κ1) is 12.6. The Morgan fingerprint density at radius 1 is 1.32 bits per heavy atom. The van der Waals surface area contributed by atoms with E-state index in [0.717, 1.165) is 56.1 Å². The molecule has 1 aromatic heterocycles. The average molecular weight is 262 g/mol. The molecule has 0 aliphatic carbocycles. The number of imidazole rings is 1. The molecule has 0 radical (unpaired) electrons. The Morgan fingerprint density at radius 2 is 2.11 bits per heavy atom. The monoisotopic (exact) mass is 262 g/mol. The summed E-state index contributed by atoms with van der Waals surface area (Å²) in [7, 11) is 0. The van der Waals surface area contributed by atoms with Gasteiger partial charge in [-0.25, -0.2) is 9.37 Å². The first-order valence-electron chi connectivity index (χ1n) is 6.85. The third-order valence-corrected chi connectivity index (χ3v) is 3.68. The van der Waals surface area contributed by atoms with Crippen molar-refractivity contribution in [3.8, 4) is 0 Å². The van der Waals surface area contributed by atoms with Crippen LogP contribution in [-0.4, -0.2) is 40.6 Å². The number of halogens is 1. The van der Waals surface area contributed by atoms with Crippen LogP contribution < -0.4 is 5.32 Å². The van der Waals surface area contributed by atoms with E-state index in [1.807, 2.05) is 0 Å². The molecule has 19 heavy (non-hydrogen) atoms. The Bertz CT molecular complexity index is 572. The van der Waals surface area contributed by atoms with Gasteiger partial charge in [-0.2, -0.15) is 0 Å². The van der Waals surface area contributed by atoms with Gasteiger partial charge in [0.25, 0.3) is 0 Å². The van der Waals surface area contributed by atoms with Crippen molar-refractivity contribution in [2.75, 3.05) is 26.2 Å². The third kappa shape index (κ3) is 2.48. The predicted octanol–water partition coefficient (Wildman–Crippen LogP) is 1.60. The van der Waals surface area contributed by atoms with Crippen molar-refractivity contribution in [2.24, 2.45) is 0 Å². The number of nitrogens with one attached hydrogen (secondary N) is 1. The number of nitrogens with zero attached hydrogens (tertiary/aromatic N) is 3. The molecule has 0 atom stereocenters. The fourth-order valence-electron chi connectivity index (χ4n) is 2.69. The zero-order valence-electron chi connectivity index (χ0n) is 11.2. The molecule has 1 saturated heterocycles. The molecule has 1 N–H and O–H groups in total. The smallest absolute Gasteiger partial charge is 0.125 e. The predicted molar refractivity (Wildman–Crippen MR) is 73.5 cm³/mol. The van der Waals surface area contributed by atoms with E-state index in [1.165, 1.54) is 6.07 Å². The second-order valence-electron chi connectivity index (χ2n) is 4.93. The number of aromatic nitrogens is 2. The summed E-state index contributed by atoms with van der Waals surface area (Å²) in [5, 5.41) is 3.34. The van der Waals surface area contributed by atoms with Crippen molar-refractivity contribution in [3.05, 3.63) is 29.8 Å². The van der Waals surface area contributed by atoms with E-state index in [2.05, 4.69) is 26.7 Å². The molecule has 4 nitrogen and oxygen atoms in total. The number of benzene rings is 1. The minimum atomic E-state index is -0.198. The molecule has 0 amide bonds. The SMILES string of the molecule is CCn1c(CN2CCNCC2)nc2ccc(F)cc21. The Labute approximate surface area is 112 Å². The first-order valence-corrected chi connectivity index (χ1v) is 6.85. The van der Waals surface area contributed by atoms with Gasteiger partial charge in [-0.05, 0) is 25.1 Å².